The number of methoxy groups -OCH3 is 2. The number of hydrogen-bond acceptors (Lipinski definition) is 3. The molecule has 1 aliphatic rings. The number of carbonyl (C=O) groups is 1. The van der Waals surface area contributed by atoms with E-state index in [9.17, 15) is 4.79 Å². The van der Waals surface area contributed by atoms with Crippen molar-refractivity contribution in [3.8, 4) is 0 Å². The van der Waals surface area contributed by atoms with E-state index in [-0.39, 0.29) is 12.4 Å². The van der Waals surface area contributed by atoms with E-state index in [2.05, 4.69) is 6.92 Å². The van der Waals surface area contributed by atoms with Crippen molar-refractivity contribution in [2.45, 2.75) is 38.2 Å². The molecule has 3 nitrogen and oxygen atoms in total. The van der Waals surface area contributed by atoms with Crippen molar-refractivity contribution in [2.75, 3.05) is 20.8 Å². The fraction of sp³-hybridized carbons (Fsp3) is 0.909. The Balaban J connectivity index is 2.62. The van der Waals surface area contributed by atoms with Crippen LogP contribution in [0.2, 0.25) is 0 Å². The number of Topliss-reactive ketones (excluding diaryl/α,β-unsaturated/α-hetero) is 1. The highest BCUT2D eigenvalue weighted by atomic mass is 16.5. The molecule has 1 aliphatic carbocycles. The molecule has 0 bridgehead atoms. The minimum absolute atomic E-state index is 0.0920. The van der Waals surface area contributed by atoms with Crippen LogP contribution in [-0.2, 0) is 14.3 Å². The van der Waals surface area contributed by atoms with Gasteiger partial charge in [0.1, 0.15) is 12.2 Å². The molecule has 1 saturated carbocycles. The normalized spacial score (nSPS) is 32.9. The van der Waals surface area contributed by atoms with Gasteiger partial charge >= 0.3 is 0 Å². The molecule has 0 amide bonds. The van der Waals surface area contributed by atoms with Crippen LogP contribution in [0.15, 0.2) is 0 Å². The Kier molecular flexibility index (Phi) is 4.08. The second kappa shape index (κ2) is 4.89. The van der Waals surface area contributed by atoms with Crippen LogP contribution in [0.1, 0.15) is 32.6 Å². The molecular weight excluding hydrogens is 180 g/mol. The summed E-state index contributed by atoms with van der Waals surface area (Å²) < 4.78 is 10.3. The zero-order valence-corrected chi connectivity index (χ0v) is 9.34. The minimum atomic E-state index is -0.553. The van der Waals surface area contributed by atoms with Crippen LogP contribution in [0, 0.1) is 5.92 Å². The molecule has 0 radical (unpaired) electrons. The SMILES string of the molecule is COCC(=O)C1(OC)CCC(C)CC1. The molecule has 0 N–H and O–H groups in total. The molecular formula is C11H20O3. The van der Waals surface area contributed by atoms with E-state index < -0.39 is 5.60 Å². The molecule has 0 unspecified atom stereocenters. The van der Waals surface area contributed by atoms with Gasteiger partial charge in [-0.3, -0.25) is 4.79 Å². The Morgan fingerprint density at radius 1 is 1.36 bits per heavy atom. The van der Waals surface area contributed by atoms with E-state index in [0.29, 0.717) is 5.92 Å². The van der Waals surface area contributed by atoms with E-state index in [1.54, 1.807) is 14.2 Å². The molecule has 0 atom stereocenters. The van der Waals surface area contributed by atoms with Crippen molar-refractivity contribution in [2.24, 2.45) is 5.92 Å². The van der Waals surface area contributed by atoms with Gasteiger partial charge in [-0.1, -0.05) is 6.92 Å². The standard InChI is InChI=1S/C11H20O3/c1-9-4-6-11(14-3,7-5-9)10(12)8-13-2/h9H,4-8H2,1-3H3. The molecule has 0 aromatic heterocycles. The van der Waals surface area contributed by atoms with Crippen molar-refractivity contribution in [1.82, 2.24) is 0 Å². The topological polar surface area (TPSA) is 35.5 Å². The number of ketones is 1. The predicted octanol–water partition coefficient (Wildman–Crippen LogP) is 1.80. The van der Waals surface area contributed by atoms with Crippen LogP contribution in [0.4, 0.5) is 0 Å². The van der Waals surface area contributed by atoms with Crippen molar-refractivity contribution < 1.29 is 14.3 Å². The van der Waals surface area contributed by atoms with E-state index in [4.69, 9.17) is 9.47 Å². The predicted molar refractivity (Wildman–Crippen MR) is 54.3 cm³/mol. The lowest BCUT2D eigenvalue weighted by atomic mass is 9.77. The molecule has 0 spiro atoms. The van der Waals surface area contributed by atoms with Gasteiger partial charge in [-0.15, -0.1) is 0 Å². The van der Waals surface area contributed by atoms with Crippen LogP contribution in [0.5, 0.6) is 0 Å². The zero-order valence-electron chi connectivity index (χ0n) is 9.34. The summed E-state index contributed by atoms with van der Waals surface area (Å²) in [6, 6.07) is 0. The van der Waals surface area contributed by atoms with Crippen molar-refractivity contribution in [3.63, 3.8) is 0 Å². The quantitative estimate of drug-likeness (QED) is 0.694. The maximum absolute atomic E-state index is 11.8. The van der Waals surface area contributed by atoms with Crippen molar-refractivity contribution >= 4 is 5.78 Å². The molecule has 0 saturated heterocycles. The fourth-order valence-electron chi connectivity index (χ4n) is 2.09. The highest BCUT2D eigenvalue weighted by molar-refractivity contribution is 5.88. The van der Waals surface area contributed by atoms with Gasteiger partial charge < -0.3 is 9.47 Å². The minimum Gasteiger partial charge on any atom is -0.377 e. The lowest BCUT2D eigenvalue weighted by molar-refractivity contribution is -0.150. The molecule has 82 valence electrons. The maximum Gasteiger partial charge on any atom is 0.190 e. The van der Waals surface area contributed by atoms with E-state index in [0.717, 1.165) is 25.7 Å². The summed E-state index contributed by atoms with van der Waals surface area (Å²) in [5.74, 6) is 0.808. The van der Waals surface area contributed by atoms with Crippen molar-refractivity contribution in [3.05, 3.63) is 0 Å². The first kappa shape index (κ1) is 11.7. The molecule has 0 aromatic rings. The Bertz CT molecular complexity index is 193. The van der Waals surface area contributed by atoms with Crippen LogP contribution < -0.4 is 0 Å². The molecule has 3 heteroatoms. The molecule has 1 fully saturated rings. The van der Waals surface area contributed by atoms with Gasteiger partial charge in [0, 0.05) is 14.2 Å². The first-order valence-electron chi connectivity index (χ1n) is 5.22. The molecule has 0 heterocycles. The first-order valence-corrected chi connectivity index (χ1v) is 5.22. The summed E-state index contributed by atoms with van der Waals surface area (Å²) in [6.45, 7) is 2.39. The van der Waals surface area contributed by atoms with Crippen LogP contribution in [-0.4, -0.2) is 32.2 Å². The highest BCUT2D eigenvalue weighted by Crippen LogP contribution is 2.34. The summed E-state index contributed by atoms with van der Waals surface area (Å²) >= 11 is 0. The highest BCUT2D eigenvalue weighted by Gasteiger charge is 2.40. The maximum atomic E-state index is 11.8. The number of hydrogen-bond donors (Lipinski definition) is 0. The Labute approximate surface area is 85.8 Å². The van der Waals surface area contributed by atoms with Gasteiger partial charge in [0.15, 0.2) is 5.78 Å². The zero-order chi connectivity index (χ0) is 10.6. The lowest BCUT2D eigenvalue weighted by Crippen LogP contribution is -2.45. The van der Waals surface area contributed by atoms with Crippen molar-refractivity contribution in [1.29, 1.82) is 0 Å². The van der Waals surface area contributed by atoms with Crippen LogP contribution in [0.25, 0.3) is 0 Å². The summed E-state index contributed by atoms with van der Waals surface area (Å²) in [5, 5.41) is 0. The summed E-state index contributed by atoms with van der Waals surface area (Å²) in [7, 11) is 3.18. The second-order valence-corrected chi connectivity index (χ2v) is 4.24. The summed E-state index contributed by atoms with van der Waals surface area (Å²) in [6.07, 6.45) is 3.83. The van der Waals surface area contributed by atoms with Gasteiger partial charge in [0.2, 0.25) is 0 Å². The fourth-order valence-corrected chi connectivity index (χ4v) is 2.09. The van der Waals surface area contributed by atoms with Gasteiger partial charge in [-0.25, -0.2) is 0 Å². The third-order valence-corrected chi connectivity index (χ3v) is 3.26. The number of carbonyl (C=O) groups excluding carboxylic acids is 1. The van der Waals surface area contributed by atoms with E-state index >= 15 is 0 Å². The molecule has 0 aromatic carbocycles. The van der Waals surface area contributed by atoms with E-state index in [1.807, 2.05) is 0 Å². The number of ether oxygens (including phenoxy) is 2. The second-order valence-electron chi connectivity index (χ2n) is 4.24. The van der Waals surface area contributed by atoms with Gasteiger partial charge in [-0.05, 0) is 31.6 Å². The number of rotatable bonds is 4. The smallest absolute Gasteiger partial charge is 0.190 e. The molecule has 14 heavy (non-hydrogen) atoms. The third-order valence-electron chi connectivity index (χ3n) is 3.26. The van der Waals surface area contributed by atoms with Gasteiger partial charge in [0.25, 0.3) is 0 Å². The van der Waals surface area contributed by atoms with E-state index in [1.165, 1.54) is 0 Å². The average molecular weight is 200 g/mol. The molecule has 1 rings (SSSR count). The monoisotopic (exact) mass is 200 g/mol. The summed E-state index contributed by atoms with van der Waals surface area (Å²) in [4.78, 5) is 11.8. The van der Waals surface area contributed by atoms with Gasteiger partial charge in [0.05, 0.1) is 0 Å². The lowest BCUT2D eigenvalue weighted by Gasteiger charge is -2.36. The Hall–Kier alpha value is -0.410. The van der Waals surface area contributed by atoms with Crippen LogP contribution >= 0.6 is 0 Å². The third kappa shape index (κ3) is 2.34. The first-order chi connectivity index (χ1) is 6.64. The summed E-state index contributed by atoms with van der Waals surface area (Å²) in [5.41, 5.74) is -0.553. The largest absolute Gasteiger partial charge is 0.377 e. The Morgan fingerprint density at radius 2 is 1.93 bits per heavy atom. The van der Waals surface area contributed by atoms with Crippen LogP contribution in [0.3, 0.4) is 0 Å². The molecule has 0 aliphatic heterocycles. The van der Waals surface area contributed by atoms with Gasteiger partial charge in [-0.2, -0.15) is 0 Å². The average Bonchev–Trinajstić information content (AvgIpc) is 2.20. The Morgan fingerprint density at radius 3 is 2.36 bits per heavy atom.